The van der Waals surface area contributed by atoms with Gasteiger partial charge in [0.15, 0.2) is 0 Å². The maximum Gasteiger partial charge on any atom is 0.314 e. The second kappa shape index (κ2) is 7.55. The molecule has 2 atom stereocenters. The van der Waals surface area contributed by atoms with Crippen molar-refractivity contribution < 1.29 is 33.6 Å². The number of rotatable bonds is 5. The summed E-state index contributed by atoms with van der Waals surface area (Å²) in [6, 6.07) is 7.29. The molecule has 7 heteroatoms. The normalized spacial score (nSPS) is 23.2. The van der Waals surface area contributed by atoms with Crippen LogP contribution in [0.1, 0.15) is 30.9 Å². The lowest BCUT2D eigenvalue weighted by Gasteiger charge is -2.47. The Morgan fingerprint density at radius 1 is 1.07 bits per heavy atom. The quantitative estimate of drug-likeness (QED) is 0.769. The molecule has 7 nitrogen and oxygen atoms in total. The first-order chi connectivity index (χ1) is 13.8. The standard InChI is InChI=1S/C22H26O7/c1-21(20(24)29-5)10-9-13-15(22(21,25)12-18(23)28-4)11-17(27-3)14-7-6-8-16(26-2)19(13)14/h6-8,11,25H,9-10,12H2,1-5H3/t21-,22+/m0/s1. The van der Waals surface area contributed by atoms with E-state index in [0.29, 0.717) is 29.9 Å². The lowest BCUT2D eigenvalue weighted by Crippen LogP contribution is -2.54. The molecular weight excluding hydrogens is 376 g/mol. The van der Waals surface area contributed by atoms with Crippen LogP contribution >= 0.6 is 0 Å². The number of fused-ring (bicyclic) bond motifs is 3. The summed E-state index contributed by atoms with van der Waals surface area (Å²) in [6.07, 6.45) is 0.386. The van der Waals surface area contributed by atoms with Crippen molar-refractivity contribution in [1.29, 1.82) is 0 Å². The molecule has 0 heterocycles. The first-order valence-electron chi connectivity index (χ1n) is 9.32. The summed E-state index contributed by atoms with van der Waals surface area (Å²) in [4.78, 5) is 25.0. The van der Waals surface area contributed by atoms with Crippen LogP contribution in [0, 0.1) is 5.41 Å². The van der Waals surface area contributed by atoms with E-state index in [1.807, 2.05) is 18.2 Å². The van der Waals surface area contributed by atoms with E-state index in [1.165, 1.54) is 21.3 Å². The van der Waals surface area contributed by atoms with E-state index in [2.05, 4.69) is 0 Å². The van der Waals surface area contributed by atoms with Crippen molar-refractivity contribution in [1.82, 2.24) is 0 Å². The highest BCUT2D eigenvalue weighted by molar-refractivity contribution is 5.98. The number of benzene rings is 2. The number of ether oxygens (including phenoxy) is 4. The lowest BCUT2D eigenvalue weighted by atomic mass is 9.60. The average molecular weight is 402 g/mol. The first-order valence-corrected chi connectivity index (χ1v) is 9.32. The fraction of sp³-hybridized carbons (Fsp3) is 0.455. The molecule has 0 saturated carbocycles. The Morgan fingerprint density at radius 3 is 2.34 bits per heavy atom. The average Bonchev–Trinajstić information content (AvgIpc) is 2.74. The zero-order valence-corrected chi connectivity index (χ0v) is 17.3. The van der Waals surface area contributed by atoms with E-state index in [-0.39, 0.29) is 0 Å². The molecule has 0 amide bonds. The predicted molar refractivity (Wildman–Crippen MR) is 106 cm³/mol. The van der Waals surface area contributed by atoms with Gasteiger partial charge in [-0.1, -0.05) is 12.1 Å². The second-order valence-electron chi connectivity index (χ2n) is 7.42. The third-order valence-corrected chi connectivity index (χ3v) is 6.13. The number of carbonyl (C=O) groups is 2. The predicted octanol–water partition coefficient (Wildman–Crippen LogP) is 2.73. The van der Waals surface area contributed by atoms with Crippen molar-refractivity contribution in [3.63, 3.8) is 0 Å². The zero-order chi connectivity index (χ0) is 21.4. The van der Waals surface area contributed by atoms with Crippen LogP contribution in [0.3, 0.4) is 0 Å². The molecule has 0 spiro atoms. The minimum absolute atomic E-state index is 0.291. The Hall–Kier alpha value is -2.80. The van der Waals surface area contributed by atoms with Gasteiger partial charge in [0.1, 0.15) is 17.1 Å². The van der Waals surface area contributed by atoms with Gasteiger partial charge >= 0.3 is 11.9 Å². The van der Waals surface area contributed by atoms with E-state index in [4.69, 9.17) is 18.9 Å². The number of methoxy groups -OCH3 is 4. The Labute approximate surface area is 169 Å². The van der Waals surface area contributed by atoms with Gasteiger partial charge in [0, 0.05) is 10.8 Å². The molecule has 2 aromatic carbocycles. The number of hydrogen-bond donors (Lipinski definition) is 1. The van der Waals surface area contributed by atoms with Crippen LogP contribution in [-0.2, 0) is 31.1 Å². The van der Waals surface area contributed by atoms with Crippen molar-refractivity contribution >= 4 is 22.7 Å². The molecule has 29 heavy (non-hydrogen) atoms. The van der Waals surface area contributed by atoms with E-state index in [9.17, 15) is 14.7 Å². The summed E-state index contributed by atoms with van der Waals surface area (Å²) >= 11 is 0. The van der Waals surface area contributed by atoms with Gasteiger partial charge in [-0.25, -0.2) is 0 Å². The van der Waals surface area contributed by atoms with Gasteiger partial charge in [-0.05, 0) is 43.0 Å². The van der Waals surface area contributed by atoms with Gasteiger partial charge in [0.05, 0.1) is 40.3 Å². The van der Waals surface area contributed by atoms with Crippen LogP contribution in [0.15, 0.2) is 24.3 Å². The summed E-state index contributed by atoms with van der Waals surface area (Å²) in [5, 5.41) is 13.5. The number of aryl methyl sites for hydroxylation is 1. The SMILES string of the molecule is COC(=O)C[C@@]1(O)c2cc(OC)c3cccc(OC)c3c2CC[C@@]1(C)C(=O)OC. The van der Waals surface area contributed by atoms with Gasteiger partial charge in [-0.3, -0.25) is 9.59 Å². The molecule has 3 rings (SSSR count). The molecule has 0 aromatic heterocycles. The first kappa shape index (κ1) is 20.9. The van der Waals surface area contributed by atoms with Crippen LogP contribution in [0.2, 0.25) is 0 Å². The number of aliphatic hydroxyl groups is 1. The van der Waals surface area contributed by atoms with Crippen LogP contribution in [0.5, 0.6) is 11.5 Å². The number of esters is 2. The highest BCUT2D eigenvalue weighted by Gasteiger charge is 2.58. The van der Waals surface area contributed by atoms with Crippen LogP contribution in [0.4, 0.5) is 0 Å². The summed E-state index contributed by atoms with van der Waals surface area (Å²) < 4.78 is 21.0. The minimum Gasteiger partial charge on any atom is -0.496 e. The summed E-state index contributed by atoms with van der Waals surface area (Å²) in [5.74, 6) is -0.0852. The van der Waals surface area contributed by atoms with Gasteiger partial charge in [0.2, 0.25) is 0 Å². The molecule has 2 aromatic rings. The van der Waals surface area contributed by atoms with E-state index < -0.39 is 29.4 Å². The largest absolute Gasteiger partial charge is 0.496 e. The maximum absolute atomic E-state index is 12.7. The number of carbonyl (C=O) groups excluding carboxylic acids is 2. The Kier molecular flexibility index (Phi) is 5.45. The van der Waals surface area contributed by atoms with Crippen molar-refractivity contribution in [2.24, 2.45) is 5.41 Å². The molecule has 0 fully saturated rings. The van der Waals surface area contributed by atoms with Gasteiger partial charge < -0.3 is 24.1 Å². The van der Waals surface area contributed by atoms with E-state index in [1.54, 1.807) is 20.1 Å². The molecule has 0 unspecified atom stereocenters. The molecule has 0 saturated heterocycles. The maximum atomic E-state index is 12.7. The van der Waals surface area contributed by atoms with Crippen LogP contribution < -0.4 is 9.47 Å². The van der Waals surface area contributed by atoms with Crippen LogP contribution in [0.25, 0.3) is 10.8 Å². The van der Waals surface area contributed by atoms with Crippen molar-refractivity contribution in [2.75, 3.05) is 28.4 Å². The monoisotopic (exact) mass is 402 g/mol. The molecule has 0 aliphatic heterocycles. The van der Waals surface area contributed by atoms with Crippen molar-refractivity contribution in [3.05, 3.63) is 35.4 Å². The molecule has 1 N–H and O–H groups in total. The van der Waals surface area contributed by atoms with E-state index in [0.717, 1.165) is 16.3 Å². The summed E-state index contributed by atoms with van der Waals surface area (Å²) in [5.41, 5.74) is -1.94. The van der Waals surface area contributed by atoms with E-state index >= 15 is 0 Å². The third kappa shape index (κ3) is 3.00. The second-order valence-corrected chi connectivity index (χ2v) is 7.42. The molecule has 0 bridgehead atoms. The smallest absolute Gasteiger partial charge is 0.314 e. The molecule has 0 radical (unpaired) electrons. The highest BCUT2D eigenvalue weighted by Crippen LogP contribution is 2.54. The van der Waals surface area contributed by atoms with Gasteiger partial charge in [0.25, 0.3) is 0 Å². The fourth-order valence-corrected chi connectivity index (χ4v) is 4.39. The highest BCUT2D eigenvalue weighted by atomic mass is 16.5. The Morgan fingerprint density at radius 2 is 1.76 bits per heavy atom. The molecule has 156 valence electrons. The van der Waals surface area contributed by atoms with Crippen molar-refractivity contribution in [3.8, 4) is 11.5 Å². The van der Waals surface area contributed by atoms with Crippen LogP contribution in [-0.4, -0.2) is 45.5 Å². The van der Waals surface area contributed by atoms with Crippen molar-refractivity contribution in [2.45, 2.75) is 31.8 Å². The lowest BCUT2D eigenvalue weighted by molar-refractivity contribution is -0.181. The molecular formula is C22H26O7. The zero-order valence-electron chi connectivity index (χ0n) is 17.3. The van der Waals surface area contributed by atoms with Gasteiger partial charge in [-0.2, -0.15) is 0 Å². The molecule has 1 aliphatic rings. The van der Waals surface area contributed by atoms with Gasteiger partial charge in [-0.15, -0.1) is 0 Å². The Balaban J connectivity index is 2.40. The number of hydrogen-bond acceptors (Lipinski definition) is 7. The minimum atomic E-state index is -1.84. The summed E-state index contributed by atoms with van der Waals surface area (Å²) in [7, 11) is 5.62. The third-order valence-electron chi connectivity index (χ3n) is 6.13. The fourth-order valence-electron chi connectivity index (χ4n) is 4.39. The Bertz CT molecular complexity index is 967. The topological polar surface area (TPSA) is 91.3 Å². The summed E-state index contributed by atoms with van der Waals surface area (Å²) in [6.45, 7) is 1.61. The molecule has 1 aliphatic carbocycles.